The first-order valence-electron chi connectivity index (χ1n) is 6.30. The van der Waals surface area contributed by atoms with Gasteiger partial charge in [0.15, 0.2) is 0 Å². The molecule has 0 aliphatic rings. The second-order valence-electron chi connectivity index (χ2n) is 5.62. The van der Waals surface area contributed by atoms with Gasteiger partial charge in [0.1, 0.15) is 0 Å². The lowest BCUT2D eigenvalue weighted by molar-refractivity contribution is -0.144. The molecule has 2 aromatic rings. The van der Waals surface area contributed by atoms with E-state index in [1.807, 2.05) is 20.8 Å². The Balaban J connectivity index is 1.99. The largest absolute Gasteiger partial charge is 0.451 e. The number of amides is 1. The predicted molar refractivity (Wildman–Crippen MR) is 74.5 cm³/mol. The molecular formula is C12H14F3N5OS. The molecule has 2 aromatic heterocycles. The molecule has 0 bridgehead atoms. The summed E-state index contributed by atoms with van der Waals surface area (Å²) in [6.45, 7) is 6.01. The van der Waals surface area contributed by atoms with Crippen LogP contribution in [0.4, 0.5) is 19.1 Å². The van der Waals surface area contributed by atoms with Crippen LogP contribution in [-0.4, -0.2) is 26.1 Å². The molecule has 22 heavy (non-hydrogen) atoms. The Bertz CT molecular complexity index is 615. The highest BCUT2D eigenvalue weighted by atomic mass is 32.1. The van der Waals surface area contributed by atoms with Crippen molar-refractivity contribution in [2.75, 3.05) is 5.32 Å². The van der Waals surface area contributed by atoms with Crippen LogP contribution in [0.3, 0.4) is 0 Å². The SMILES string of the molecule is CC(C)(C)c1nc(CC(=O)Nc2n[nH]c(C(F)(F)F)n2)cs1. The normalized spacial score (nSPS) is 12.5. The van der Waals surface area contributed by atoms with Crippen LogP contribution in [0.5, 0.6) is 0 Å². The fraction of sp³-hybridized carbons (Fsp3) is 0.500. The molecular weight excluding hydrogens is 319 g/mol. The summed E-state index contributed by atoms with van der Waals surface area (Å²) in [7, 11) is 0. The van der Waals surface area contributed by atoms with Gasteiger partial charge in [0.05, 0.1) is 17.1 Å². The Morgan fingerprint density at radius 3 is 2.50 bits per heavy atom. The van der Waals surface area contributed by atoms with Crippen LogP contribution in [0.25, 0.3) is 0 Å². The molecule has 0 aliphatic carbocycles. The minimum atomic E-state index is -4.63. The first kappa shape index (κ1) is 16.4. The van der Waals surface area contributed by atoms with Gasteiger partial charge in [0, 0.05) is 10.8 Å². The summed E-state index contributed by atoms with van der Waals surface area (Å²) in [5, 5.41) is 9.86. The summed E-state index contributed by atoms with van der Waals surface area (Å²) >= 11 is 1.43. The third-order valence-electron chi connectivity index (χ3n) is 2.54. The standard InChI is InChI=1S/C12H14F3N5OS/c1-11(2,3)9-16-6(5-22-9)4-7(21)17-10-18-8(19-20-10)12(13,14)15/h5H,4H2,1-3H3,(H2,17,18,19,20,21). The molecule has 120 valence electrons. The summed E-state index contributed by atoms with van der Waals surface area (Å²) in [5.74, 6) is -2.20. The molecule has 10 heteroatoms. The molecule has 0 fully saturated rings. The van der Waals surface area contributed by atoms with Crippen LogP contribution < -0.4 is 5.32 Å². The molecule has 0 aliphatic heterocycles. The van der Waals surface area contributed by atoms with E-state index in [-0.39, 0.29) is 11.8 Å². The smallest absolute Gasteiger partial charge is 0.293 e. The molecule has 0 atom stereocenters. The molecule has 2 N–H and O–H groups in total. The van der Waals surface area contributed by atoms with Gasteiger partial charge in [-0.2, -0.15) is 18.2 Å². The lowest BCUT2D eigenvalue weighted by Crippen LogP contribution is -2.16. The molecule has 1 amide bonds. The van der Waals surface area contributed by atoms with Crippen LogP contribution in [0.15, 0.2) is 5.38 Å². The van der Waals surface area contributed by atoms with E-state index >= 15 is 0 Å². The maximum Gasteiger partial charge on any atom is 0.451 e. The third-order valence-corrected chi connectivity index (χ3v) is 3.86. The van der Waals surface area contributed by atoms with E-state index in [9.17, 15) is 18.0 Å². The summed E-state index contributed by atoms with van der Waals surface area (Å²) in [6, 6.07) is 0. The fourth-order valence-electron chi connectivity index (χ4n) is 1.51. The zero-order chi connectivity index (χ0) is 16.5. The number of hydrogen-bond acceptors (Lipinski definition) is 5. The van der Waals surface area contributed by atoms with Crippen molar-refractivity contribution in [3.63, 3.8) is 0 Å². The Morgan fingerprint density at radius 2 is 2.00 bits per heavy atom. The van der Waals surface area contributed by atoms with E-state index in [0.29, 0.717) is 5.69 Å². The Hall–Kier alpha value is -1.97. The van der Waals surface area contributed by atoms with Gasteiger partial charge in [0.2, 0.25) is 17.7 Å². The van der Waals surface area contributed by atoms with E-state index < -0.39 is 23.9 Å². The van der Waals surface area contributed by atoms with E-state index in [1.165, 1.54) is 11.3 Å². The molecule has 0 spiro atoms. The highest BCUT2D eigenvalue weighted by Crippen LogP contribution is 2.27. The molecule has 6 nitrogen and oxygen atoms in total. The van der Waals surface area contributed by atoms with Gasteiger partial charge in [-0.25, -0.2) is 4.98 Å². The van der Waals surface area contributed by atoms with Gasteiger partial charge in [-0.05, 0) is 0 Å². The van der Waals surface area contributed by atoms with Crippen LogP contribution >= 0.6 is 11.3 Å². The molecule has 2 rings (SSSR count). The number of anilines is 1. The van der Waals surface area contributed by atoms with Crippen LogP contribution in [0.1, 0.15) is 37.3 Å². The van der Waals surface area contributed by atoms with Crippen LogP contribution in [0.2, 0.25) is 0 Å². The van der Waals surface area contributed by atoms with E-state index in [4.69, 9.17) is 0 Å². The van der Waals surface area contributed by atoms with Gasteiger partial charge in [-0.15, -0.1) is 16.4 Å². The number of alkyl halides is 3. The van der Waals surface area contributed by atoms with E-state index in [1.54, 1.807) is 10.5 Å². The Morgan fingerprint density at radius 1 is 1.32 bits per heavy atom. The highest BCUT2D eigenvalue weighted by Gasteiger charge is 2.35. The van der Waals surface area contributed by atoms with Gasteiger partial charge >= 0.3 is 6.18 Å². The average molecular weight is 333 g/mol. The average Bonchev–Trinajstić information content (AvgIpc) is 2.96. The van der Waals surface area contributed by atoms with Crippen molar-refractivity contribution in [3.05, 3.63) is 21.9 Å². The van der Waals surface area contributed by atoms with E-state index in [2.05, 4.69) is 20.4 Å². The lowest BCUT2D eigenvalue weighted by Gasteiger charge is -2.13. The number of nitrogens with one attached hydrogen (secondary N) is 2. The lowest BCUT2D eigenvalue weighted by atomic mass is 9.98. The topological polar surface area (TPSA) is 83.6 Å². The Labute approximate surface area is 128 Å². The minimum Gasteiger partial charge on any atom is -0.293 e. The molecule has 0 aromatic carbocycles. The zero-order valence-corrected chi connectivity index (χ0v) is 12.9. The van der Waals surface area contributed by atoms with Gasteiger partial charge < -0.3 is 0 Å². The van der Waals surface area contributed by atoms with Crippen molar-refractivity contribution in [1.82, 2.24) is 20.2 Å². The summed E-state index contributed by atoms with van der Waals surface area (Å²) in [4.78, 5) is 19.3. The number of aromatic amines is 1. The number of thiazole rings is 1. The van der Waals surface area contributed by atoms with Crippen molar-refractivity contribution in [1.29, 1.82) is 0 Å². The number of carbonyl (C=O) groups is 1. The van der Waals surface area contributed by atoms with Crippen molar-refractivity contribution >= 4 is 23.2 Å². The van der Waals surface area contributed by atoms with E-state index in [0.717, 1.165) is 5.01 Å². The first-order valence-corrected chi connectivity index (χ1v) is 7.18. The second kappa shape index (κ2) is 5.67. The summed E-state index contributed by atoms with van der Waals surface area (Å²) in [6.07, 6.45) is -4.69. The number of aromatic nitrogens is 4. The minimum absolute atomic E-state index is 0.0531. The predicted octanol–water partition coefficient (Wildman–Crippen LogP) is 2.76. The first-order chi connectivity index (χ1) is 10.1. The van der Waals surface area contributed by atoms with Crippen molar-refractivity contribution in [3.8, 4) is 0 Å². The Kier molecular flexibility index (Phi) is 4.23. The number of halogens is 3. The van der Waals surface area contributed by atoms with Crippen molar-refractivity contribution in [2.45, 2.75) is 38.8 Å². The zero-order valence-electron chi connectivity index (χ0n) is 12.1. The third kappa shape index (κ3) is 4.03. The molecule has 0 saturated carbocycles. The van der Waals surface area contributed by atoms with Crippen LogP contribution in [-0.2, 0) is 22.8 Å². The fourth-order valence-corrected chi connectivity index (χ4v) is 2.42. The summed E-state index contributed by atoms with van der Waals surface area (Å²) < 4.78 is 37.0. The highest BCUT2D eigenvalue weighted by molar-refractivity contribution is 7.09. The van der Waals surface area contributed by atoms with Crippen molar-refractivity contribution < 1.29 is 18.0 Å². The number of rotatable bonds is 3. The number of H-pyrrole nitrogens is 1. The van der Waals surface area contributed by atoms with Crippen molar-refractivity contribution in [2.24, 2.45) is 0 Å². The molecule has 0 radical (unpaired) electrons. The summed E-state index contributed by atoms with van der Waals surface area (Å²) in [5.41, 5.74) is 0.434. The second-order valence-corrected chi connectivity index (χ2v) is 6.48. The van der Waals surface area contributed by atoms with Gasteiger partial charge in [-0.1, -0.05) is 20.8 Å². The molecule has 0 saturated heterocycles. The monoisotopic (exact) mass is 333 g/mol. The molecule has 0 unspecified atom stereocenters. The maximum atomic E-state index is 12.3. The van der Waals surface area contributed by atoms with Crippen LogP contribution in [0, 0.1) is 0 Å². The van der Waals surface area contributed by atoms with Gasteiger partial charge in [0.25, 0.3) is 0 Å². The molecule has 2 heterocycles. The number of nitrogens with zero attached hydrogens (tertiary/aromatic N) is 3. The number of hydrogen-bond donors (Lipinski definition) is 2. The quantitative estimate of drug-likeness (QED) is 0.905. The number of carbonyl (C=O) groups excluding carboxylic acids is 1. The van der Waals surface area contributed by atoms with Gasteiger partial charge in [-0.3, -0.25) is 15.2 Å². The maximum absolute atomic E-state index is 12.3.